The van der Waals surface area contributed by atoms with Gasteiger partial charge in [0.2, 0.25) is 11.8 Å². The number of amides is 2. The second-order valence-corrected chi connectivity index (χ2v) is 13.0. The molecule has 0 radical (unpaired) electrons. The SMILES string of the molecule is CCCCCCCCCCCCCCCC(=O)NCCN(C)CCNC(=O)CCCCCCCCCCCCCCC.Cl. The van der Waals surface area contributed by atoms with E-state index in [0.29, 0.717) is 25.9 Å². The second kappa shape index (κ2) is 37.4. The maximum atomic E-state index is 12.1. The number of hydrogen-bond acceptors (Lipinski definition) is 3. The first-order valence-electron chi connectivity index (χ1n) is 18.8. The molecule has 0 atom stereocenters. The van der Waals surface area contributed by atoms with Crippen molar-refractivity contribution < 1.29 is 9.59 Å². The van der Waals surface area contributed by atoms with Crippen molar-refractivity contribution in [3.05, 3.63) is 0 Å². The minimum Gasteiger partial charge on any atom is -0.355 e. The van der Waals surface area contributed by atoms with Crippen molar-refractivity contribution in [2.75, 3.05) is 33.2 Å². The molecule has 0 saturated carbocycles. The van der Waals surface area contributed by atoms with Crippen molar-refractivity contribution in [2.24, 2.45) is 0 Å². The molecule has 0 aromatic rings. The Kier molecular flexibility index (Phi) is 38.5. The van der Waals surface area contributed by atoms with Gasteiger partial charge in [0.1, 0.15) is 0 Å². The lowest BCUT2D eigenvalue weighted by Gasteiger charge is -2.17. The van der Waals surface area contributed by atoms with Gasteiger partial charge in [-0.1, -0.05) is 168 Å². The van der Waals surface area contributed by atoms with Crippen LogP contribution in [0.1, 0.15) is 194 Å². The van der Waals surface area contributed by atoms with Gasteiger partial charge in [-0.3, -0.25) is 9.59 Å². The molecule has 0 bridgehead atoms. The highest BCUT2D eigenvalue weighted by molar-refractivity contribution is 5.85. The molecular formula is C37H76ClN3O2. The van der Waals surface area contributed by atoms with Gasteiger partial charge in [0.15, 0.2) is 0 Å². The van der Waals surface area contributed by atoms with Gasteiger partial charge in [-0.2, -0.15) is 0 Å². The van der Waals surface area contributed by atoms with Crippen LogP contribution in [-0.2, 0) is 9.59 Å². The number of halogens is 1. The summed E-state index contributed by atoms with van der Waals surface area (Å²) in [6.45, 7) is 7.55. The fourth-order valence-electron chi connectivity index (χ4n) is 5.67. The fraction of sp³-hybridized carbons (Fsp3) is 0.946. The highest BCUT2D eigenvalue weighted by atomic mass is 35.5. The molecular weight excluding hydrogens is 554 g/mol. The number of nitrogens with zero attached hydrogens (tertiary/aromatic N) is 1. The van der Waals surface area contributed by atoms with E-state index in [0.717, 1.165) is 25.9 Å². The van der Waals surface area contributed by atoms with Crippen LogP contribution in [0.4, 0.5) is 0 Å². The highest BCUT2D eigenvalue weighted by Crippen LogP contribution is 2.14. The summed E-state index contributed by atoms with van der Waals surface area (Å²) < 4.78 is 0. The topological polar surface area (TPSA) is 61.4 Å². The molecule has 2 amide bonds. The lowest BCUT2D eigenvalue weighted by Crippen LogP contribution is -2.37. The van der Waals surface area contributed by atoms with Gasteiger partial charge >= 0.3 is 0 Å². The van der Waals surface area contributed by atoms with Crippen LogP contribution in [0.25, 0.3) is 0 Å². The summed E-state index contributed by atoms with van der Waals surface area (Å²) in [5, 5.41) is 6.11. The van der Waals surface area contributed by atoms with E-state index in [-0.39, 0.29) is 24.2 Å². The number of carbonyl (C=O) groups is 2. The average molecular weight is 630 g/mol. The Morgan fingerprint density at radius 2 is 0.651 bits per heavy atom. The zero-order valence-corrected chi connectivity index (χ0v) is 30.1. The van der Waals surface area contributed by atoms with Crippen LogP contribution in [0.3, 0.4) is 0 Å². The molecule has 0 rings (SSSR count). The van der Waals surface area contributed by atoms with E-state index in [2.05, 4.69) is 36.4 Å². The number of nitrogens with one attached hydrogen (secondary N) is 2. The molecule has 5 nitrogen and oxygen atoms in total. The van der Waals surface area contributed by atoms with E-state index in [1.807, 2.05) is 0 Å². The van der Waals surface area contributed by atoms with Gasteiger partial charge in [-0.15, -0.1) is 12.4 Å². The van der Waals surface area contributed by atoms with Crippen LogP contribution in [-0.4, -0.2) is 49.9 Å². The van der Waals surface area contributed by atoms with E-state index < -0.39 is 0 Å². The van der Waals surface area contributed by atoms with Crippen LogP contribution in [0, 0.1) is 0 Å². The van der Waals surface area contributed by atoms with Gasteiger partial charge in [-0.05, 0) is 19.9 Å². The zero-order chi connectivity index (χ0) is 30.8. The van der Waals surface area contributed by atoms with Gasteiger partial charge in [0.05, 0.1) is 0 Å². The Morgan fingerprint density at radius 1 is 0.419 bits per heavy atom. The smallest absolute Gasteiger partial charge is 0.220 e. The average Bonchev–Trinajstić information content (AvgIpc) is 2.98. The molecule has 0 unspecified atom stereocenters. The number of hydrogen-bond donors (Lipinski definition) is 2. The summed E-state index contributed by atoms with van der Waals surface area (Å²) in [7, 11) is 2.05. The maximum absolute atomic E-state index is 12.1. The summed E-state index contributed by atoms with van der Waals surface area (Å²) >= 11 is 0. The third kappa shape index (κ3) is 37.3. The van der Waals surface area contributed by atoms with Gasteiger partial charge in [-0.25, -0.2) is 0 Å². The lowest BCUT2D eigenvalue weighted by molar-refractivity contribution is -0.121. The zero-order valence-electron chi connectivity index (χ0n) is 29.3. The number of carbonyl (C=O) groups excluding carboxylic acids is 2. The molecule has 2 N–H and O–H groups in total. The fourth-order valence-corrected chi connectivity index (χ4v) is 5.67. The minimum absolute atomic E-state index is 0. The predicted molar refractivity (Wildman–Crippen MR) is 191 cm³/mol. The van der Waals surface area contributed by atoms with E-state index in [1.165, 1.54) is 154 Å². The summed E-state index contributed by atoms with van der Waals surface area (Å²) in [5.41, 5.74) is 0. The van der Waals surface area contributed by atoms with Crippen LogP contribution < -0.4 is 10.6 Å². The molecule has 43 heavy (non-hydrogen) atoms. The molecule has 0 aliphatic carbocycles. The summed E-state index contributed by atoms with van der Waals surface area (Å²) in [6.07, 6.45) is 35.9. The van der Waals surface area contributed by atoms with Crippen molar-refractivity contribution in [2.45, 2.75) is 194 Å². The standard InChI is InChI=1S/C37H75N3O2.ClH/c1-4-6-8-10-12-14-16-18-20-22-24-26-28-30-36(41)38-32-34-40(3)35-33-39-37(42)31-29-27-25-23-21-19-17-15-13-11-9-7-5-2;/h4-35H2,1-3H3,(H,38,41)(H,39,42);1H. The van der Waals surface area contributed by atoms with E-state index >= 15 is 0 Å². The quantitative estimate of drug-likeness (QED) is 0.0696. The normalized spacial score (nSPS) is 11.1. The number of unbranched alkanes of at least 4 members (excludes halogenated alkanes) is 24. The van der Waals surface area contributed by atoms with Crippen molar-refractivity contribution >= 4 is 24.2 Å². The Bertz CT molecular complexity index is 528. The minimum atomic E-state index is 0. The first kappa shape index (κ1) is 44.3. The van der Waals surface area contributed by atoms with Crippen molar-refractivity contribution in [1.29, 1.82) is 0 Å². The Balaban J connectivity index is 0. The molecule has 0 aromatic heterocycles. The van der Waals surface area contributed by atoms with Crippen molar-refractivity contribution in [3.8, 4) is 0 Å². The van der Waals surface area contributed by atoms with E-state index in [4.69, 9.17) is 0 Å². The lowest BCUT2D eigenvalue weighted by atomic mass is 10.0. The van der Waals surface area contributed by atoms with Crippen molar-refractivity contribution in [3.63, 3.8) is 0 Å². The first-order chi connectivity index (χ1) is 20.6. The van der Waals surface area contributed by atoms with E-state index in [1.54, 1.807) is 0 Å². The Labute approximate surface area is 275 Å². The highest BCUT2D eigenvalue weighted by Gasteiger charge is 2.05. The monoisotopic (exact) mass is 630 g/mol. The molecule has 0 saturated heterocycles. The molecule has 0 aromatic carbocycles. The summed E-state index contributed by atoms with van der Waals surface area (Å²) in [4.78, 5) is 26.4. The van der Waals surface area contributed by atoms with Crippen LogP contribution in [0.2, 0.25) is 0 Å². The van der Waals surface area contributed by atoms with E-state index in [9.17, 15) is 9.59 Å². The van der Waals surface area contributed by atoms with Gasteiger partial charge in [0.25, 0.3) is 0 Å². The molecule has 0 aliphatic rings. The Morgan fingerprint density at radius 3 is 0.907 bits per heavy atom. The second-order valence-electron chi connectivity index (χ2n) is 13.0. The molecule has 0 heterocycles. The molecule has 0 aliphatic heterocycles. The summed E-state index contributed by atoms with van der Waals surface area (Å²) in [5.74, 6) is 0.357. The van der Waals surface area contributed by atoms with Crippen LogP contribution >= 0.6 is 12.4 Å². The Hall–Kier alpha value is -0.810. The van der Waals surface area contributed by atoms with Crippen LogP contribution in [0.5, 0.6) is 0 Å². The predicted octanol–water partition coefficient (Wildman–Crippen LogP) is 10.5. The first-order valence-corrected chi connectivity index (χ1v) is 18.8. The summed E-state index contributed by atoms with van der Waals surface area (Å²) in [6, 6.07) is 0. The maximum Gasteiger partial charge on any atom is 0.220 e. The third-order valence-corrected chi connectivity index (χ3v) is 8.65. The number of likely N-dealkylation sites (N-methyl/N-ethyl adjacent to an activating group) is 1. The molecule has 0 fully saturated rings. The van der Waals surface area contributed by atoms with Crippen molar-refractivity contribution in [1.82, 2.24) is 15.5 Å². The van der Waals surface area contributed by atoms with Crippen LogP contribution in [0.15, 0.2) is 0 Å². The largest absolute Gasteiger partial charge is 0.355 e. The third-order valence-electron chi connectivity index (χ3n) is 8.65. The molecule has 258 valence electrons. The molecule has 0 spiro atoms. The van der Waals surface area contributed by atoms with Gasteiger partial charge < -0.3 is 15.5 Å². The molecule has 6 heteroatoms. The number of rotatable bonds is 34. The van der Waals surface area contributed by atoms with Gasteiger partial charge in [0, 0.05) is 39.0 Å².